The van der Waals surface area contributed by atoms with E-state index in [2.05, 4.69) is 30.0 Å². The predicted octanol–water partition coefficient (Wildman–Crippen LogP) is 2.31. The van der Waals surface area contributed by atoms with E-state index in [-0.39, 0.29) is 6.04 Å². The fraction of sp³-hybridized carbons (Fsp3) is 0.143. The average molecular weight is 214 g/mol. The number of nitrogens with two attached hydrogens (primary N) is 2. The topological polar surface area (TPSA) is 52.0 Å². The van der Waals surface area contributed by atoms with Crippen molar-refractivity contribution >= 4 is 0 Å². The summed E-state index contributed by atoms with van der Waals surface area (Å²) in [7, 11) is 1.50. The minimum absolute atomic E-state index is 0.0163. The van der Waals surface area contributed by atoms with Gasteiger partial charge in [-0.1, -0.05) is 60.7 Å². The molecule has 0 amide bonds. The van der Waals surface area contributed by atoms with Crippen molar-refractivity contribution in [1.82, 2.24) is 0 Å². The van der Waals surface area contributed by atoms with Gasteiger partial charge in [-0.05, 0) is 18.2 Å². The second-order valence-corrected chi connectivity index (χ2v) is 3.30. The van der Waals surface area contributed by atoms with Gasteiger partial charge in [-0.3, -0.25) is 0 Å². The Kier molecular flexibility index (Phi) is 5.26. The van der Waals surface area contributed by atoms with Crippen molar-refractivity contribution in [2.24, 2.45) is 11.5 Å². The van der Waals surface area contributed by atoms with Crippen molar-refractivity contribution in [1.29, 1.82) is 0 Å². The zero-order chi connectivity index (χ0) is 11.8. The Hall–Kier alpha value is -1.64. The molecule has 0 saturated heterocycles. The summed E-state index contributed by atoms with van der Waals surface area (Å²) in [4.78, 5) is 0. The summed E-state index contributed by atoms with van der Waals surface area (Å²) >= 11 is 0. The maximum absolute atomic E-state index is 6.12. The van der Waals surface area contributed by atoms with E-state index in [4.69, 9.17) is 5.73 Å². The Labute approximate surface area is 96.9 Å². The van der Waals surface area contributed by atoms with Crippen LogP contribution in [0.25, 0.3) is 0 Å². The average Bonchev–Trinajstić information content (AvgIpc) is 2.42. The van der Waals surface area contributed by atoms with Gasteiger partial charge in [0, 0.05) is 0 Å². The summed E-state index contributed by atoms with van der Waals surface area (Å²) in [5.74, 6) is 0. The van der Waals surface area contributed by atoms with E-state index in [0.717, 1.165) is 11.1 Å². The summed E-state index contributed by atoms with van der Waals surface area (Å²) in [6, 6.07) is 20.2. The number of rotatable bonds is 2. The monoisotopic (exact) mass is 214 g/mol. The molecular formula is C14H18N2. The molecule has 0 aliphatic carbocycles. The van der Waals surface area contributed by atoms with E-state index in [1.807, 2.05) is 36.4 Å². The van der Waals surface area contributed by atoms with Crippen molar-refractivity contribution in [2.75, 3.05) is 7.05 Å². The number of hydrogen-bond acceptors (Lipinski definition) is 2. The number of benzene rings is 2. The molecule has 0 fully saturated rings. The normalized spacial score (nSPS) is 9.50. The van der Waals surface area contributed by atoms with Crippen LogP contribution in [-0.2, 0) is 0 Å². The first-order valence-electron chi connectivity index (χ1n) is 5.31. The summed E-state index contributed by atoms with van der Waals surface area (Å²) in [6.45, 7) is 0. The quantitative estimate of drug-likeness (QED) is 0.806. The summed E-state index contributed by atoms with van der Waals surface area (Å²) in [5.41, 5.74) is 12.9. The molecule has 2 aromatic rings. The van der Waals surface area contributed by atoms with Crippen molar-refractivity contribution in [2.45, 2.75) is 6.04 Å². The van der Waals surface area contributed by atoms with E-state index in [9.17, 15) is 0 Å². The van der Waals surface area contributed by atoms with Crippen LogP contribution < -0.4 is 11.5 Å². The third-order valence-electron chi connectivity index (χ3n) is 2.32. The van der Waals surface area contributed by atoms with Gasteiger partial charge in [0.2, 0.25) is 0 Å². The van der Waals surface area contributed by atoms with Crippen LogP contribution in [0.4, 0.5) is 0 Å². The lowest BCUT2D eigenvalue weighted by atomic mass is 10.00. The molecule has 4 N–H and O–H groups in total. The zero-order valence-corrected chi connectivity index (χ0v) is 9.51. The van der Waals surface area contributed by atoms with Gasteiger partial charge in [0.05, 0.1) is 6.04 Å². The summed E-state index contributed by atoms with van der Waals surface area (Å²) in [6.07, 6.45) is 0. The van der Waals surface area contributed by atoms with Crippen LogP contribution in [0.3, 0.4) is 0 Å². The van der Waals surface area contributed by atoms with Crippen molar-refractivity contribution in [3.05, 3.63) is 71.8 Å². The van der Waals surface area contributed by atoms with Gasteiger partial charge < -0.3 is 11.5 Å². The molecule has 0 bridgehead atoms. The fourth-order valence-corrected chi connectivity index (χ4v) is 1.51. The van der Waals surface area contributed by atoms with E-state index >= 15 is 0 Å². The third-order valence-corrected chi connectivity index (χ3v) is 2.32. The number of hydrogen-bond donors (Lipinski definition) is 2. The SMILES string of the molecule is CN.NC(c1ccccc1)c1ccccc1. The first-order chi connectivity index (χ1) is 7.88. The van der Waals surface area contributed by atoms with E-state index in [1.165, 1.54) is 7.05 Å². The molecular weight excluding hydrogens is 196 g/mol. The Bertz CT molecular complexity index is 344. The molecule has 0 radical (unpaired) electrons. The molecule has 2 nitrogen and oxygen atoms in total. The highest BCUT2D eigenvalue weighted by molar-refractivity contribution is 5.30. The minimum Gasteiger partial charge on any atom is -0.333 e. The first-order valence-corrected chi connectivity index (χ1v) is 5.31. The highest BCUT2D eigenvalue weighted by Gasteiger charge is 2.06. The van der Waals surface area contributed by atoms with Gasteiger partial charge in [-0.2, -0.15) is 0 Å². The highest BCUT2D eigenvalue weighted by atomic mass is 14.6. The standard InChI is InChI=1S/C13H13N.CH5N/c14-13(11-7-3-1-4-8-11)12-9-5-2-6-10-12;1-2/h1-10,13H,14H2;2H2,1H3. The Morgan fingerprint density at radius 2 is 1.00 bits per heavy atom. The molecule has 2 aromatic carbocycles. The molecule has 0 aromatic heterocycles. The van der Waals surface area contributed by atoms with Gasteiger partial charge in [0.15, 0.2) is 0 Å². The van der Waals surface area contributed by atoms with Gasteiger partial charge in [-0.25, -0.2) is 0 Å². The van der Waals surface area contributed by atoms with Gasteiger partial charge in [0.1, 0.15) is 0 Å². The maximum Gasteiger partial charge on any atom is 0.0551 e. The van der Waals surface area contributed by atoms with Crippen molar-refractivity contribution < 1.29 is 0 Å². The molecule has 0 heterocycles. The van der Waals surface area contributed by atoms with Gasteiger partial charge in [-0.15, -0.1) is 0 Å². The Morgan fingerprint density at radius 1 is 0.688 bits per heavy atom. The van der Waals surface area contributed by atoms with Crippen LogP contribution >= 0.6 is 0 Å². The van der Waals surface area contributed by atoms with Crippen molar-refractivity contribution in [3.63, 3.8) is 0 Å². The van der Waals surface area contributed by atoms with Crippen LogP contribution in [0.1, 0.15) is 17.2 Å². The molecule has 16 heavy (non-hydrogen) atoms. The van der Waals surface area contributed by atoms with Crippen LogP contribution in [0.2, 0.25) is 0 Å². The fourth-order valence-electron chi connectivity index (χ4n) is 1.51. The Morgan fingerprint density at radius 3 is 1.31 bits per heavy atom. The summed E-state index contributed by atoms with van der Waals surface area (Å²) < 4.78 is 0. The largest absolute Gasteiger partial charge is 0.333 e. The van der Waals surface area contributed by atoms with E-state index in [1.54, 1.807) is 0 Å². The van der Waals surface area contributed by atoms with Crippen molar-refractivity contribution in [3.8, 4) is 0 Å². The van der Waals surface area contributed by atoms with Crippen LogP contribution in [0.15, 0.2) is 60.7 Å². The lowest BCUT2D eigenvalue weighted by molar-refractivity contribution is 0.871. The van der Waals surface area contributed by atoms with Crippen LogP contribution in [0.5, 0.6) is 0 Å². The van der Waals surface area contributed by atoms with E-state index in [0.29, 0.717) is 0 Å². The maximum atomic E-state index is 6.12. The second kappa shape index (κ2) is 6.77. The van der Waals surface area contributed by atoms with Gasteiger partial charge in [0.25, 0.3) is 0 Å². The third kappa shape index (κ3) is 3.19. The zero-order valence-electron chi connectivity index (χ0n) is 9.51. The molecule has 0 unspecified atom stereocenters. The second-order valence-electron chi connectivity index (χ2n) is 3.30. The van der Waals surface area contributed by atoms with Crippen LogP contribution in [0, 0.1) is 0 Å². The minimum atomic E-state index is -0.0163. The summed E-state index contributed by atoms with van der Waals surface area (Å²) in [5, 5.41) is 0. The lowest BCUT2D eigenvalue weighted by Gasteiger charge is -2.11. The molecule has 0 atom stereocenters. The molecule has 0 aliphatic heterocycles. The molecule has 84 valence electrons. The first kappa shape index (κ1) is 12.4. The molecule has 0 saturated carbocycles. The molecule has 0 aliphatic rings. The van der Waals surface area contributed by atoms with E-state index < -0.39 is 0 Å². The molecule has 0 spiro atoms. The lowest BCUT2D eigenvalue weighted by Crippen LogP contribution is -2.11. The Balaban J connectivity index is 0.000000606. The smallest absolute Gasteiger partial charge is 0.0551 e. The highest BCUT2D eigenvalue weighted by Crippen LogP contribution is 2.18. The molecule has 2 rings (SSSR count). The van der Waals surface area contributed by atoms with Gasteiger partial charge >= 0.3 is 0 Å². The molecule has 2 heteroatoms. The predicted molar refractivity (Wildman–Crippen MR) is 69.0 cm³/mol. The van der Waals surface area contributed by atoms with Crippen LogP contribution in [-0.4, -0.2) is 7.05 Å².